The summed E-state index contributed by atoms with van der Waals surface area (Å²) >= 11 is 0. The van der Waals surface area contributed by atoms with Crippen LogP contribution >= 0.6 is 0 Å². The Bertz CT molecular complexity index is 577. The summed E-state index contributed by atoms with van der Waals surface area (Å²) < 4.78 is 59.9. The molecule has 1 aliphatic rings. The minimum atomic E-state index is -3.84. The molecule has 1 fully saturated rings. The van der Waals surface area contributed by atoms with E-state index in [9.17, 15) is 21.6 Å². The second-order valence-electron chi connectivity index (χ2n) is 5.97. The minimum Gasteiger partial charge on any atom is -0.444 e. The largest absolute Gasteiger partial charge is 0.444 e. The van der Waals surface area contributed by atoms with Crippen molar-refractivity contribution in [2.45, 2.75) is 51.7 Å². The van der Waals surface area contributed by atoms with Crippen molar-refractivity contribution in [3.05, 3.63) is 0 Å². The molecule has 1 saturated heterocycles. The van der Waals surface area contributed by atoms with Gasteiger partial charge in [0.2, 0.25) is 0 Å². The lowest BCUT2D eigenvalue weighted by Gasteiger charge is -2.30. The van der Waals surface area contributed by atoms with Crippen LogP contribution in [0.2, 0.25) is 0 Å². The summed E-state index contributed by atoms with van der Waals surface area (Å²) in [6.07, 6.45) is -1.37. The van der Waals surface area contributed by atoms with Gasteiger partial charge in [0, 0.05) is 0 Å². The van der Waals surface area contributed by atoms with Crippen LogP contribution in [0.4, 0.5) is 4.79 Å². The number of rotatable bonds is 4. The Kier molecular flexibility index (Phi) is 5.48. The highest BCUT2D eigenvalue weighted by Gasteiger charge is 2.43. The molecule has 0 spiro atoms. The molecule has 0 bridgehead atoms. The van der Waals surface area contributed by atoms with Gasteiger partial charge in [0.1, 0.15) is 5.60 Å². The Morgan fingerprint density at radius 3 is 1.59 bits per heavy atom. The van der Waals surface area contributed by atoms with Crippen LogP contribution in [0.1, 0.15) is 33.6 Å². The van der Waals surface area contributed by atoms with Crippen LogP contribution in [0.3, 0.4) is 0 Å². The third kappa shape index (κ3) is 6.46. The highest BCUT2D eigenvalue weighted by Crippen LogP contribution is 2.29. The van der Waals surface area contributed by atoms with Gasteiger partial charge in [-0.15, -0.1) is 0 Å². The van der Waals surface area contributed by atoms with Gasteiger partial charge >= 0.3 is 6.09 Å². The zero-order valence-electron chi connectivity index (χ0n) is 13.1. The van der Waals surface area contributed by atoms with Crippen LogP contribution in [-0.4, -0.2) is 58.4 Å². The number of likely N-dealkylation sites (tertiary alicyclic amines) is 1. The van der Waals surface area contributed by atoms with E-state index >= 15 is 0 Å². The minimum absolute atomic E-state index is 0.104. The quantitative estimate of drug-likeness (QED) is 0.671. The first-order valence-electron chi connectivity index (χ1n) is 6.46. The molecule has 0 aromatic rings. The second-order valence-corrected chi connectivity index (χ2v) is 9.18. The molecule has 22 heavy (non-hydrogen) atoms. The normalized spacial score (nSPS) is 23.6. The molecule has 0 N–H and O–H groups in total. The third-order valence-electron chi connectivity index (χ3n) is 2.46. The van der Waals surface area contributed by atoms with E-state index in [2.05, 4.69) is 0 Å². The molecule has 2 atom stereocenters. The number of hydrogen-bond acceptors (Lipinski definition) is 8. The van der Waals surface area contributed by atoms with Gasteiger partial charge in [-0.2, -0.15) is 16.8 Å². The lowest BCUT2D eigenvalue weighted by molar-refractivity contribution is -0.0451. The Labute approximate surface area is 130 Å². The first-order valence-corrected chi connectivity index (χ1v) is 10.1. The maximum Gasteiger partial charge on any atom is 0.414 e. The Morgan fingerprint density at radius 2 is 1.32 bits per heavy atom. The molecule has 0 aromatic heterocycles. The molecular formula is C11H21NO8S2. The highest BCUT2D eigenvalue weighted by atomic mass is 32.2. The van der Waals surface area contributed by atoms with E-state index in [-0.39, 0.29) is 12.8 Å². The van der Waals surface area contributed by atoms with E-state index < -0.39 is 44.4 Å². The standard InChI is InChI=1S/C11H21NO8S2/c1-11(2,3)18-10(13)12-8(19-21(4,14)15)6-7-9(12)20-22(5,16)17/h8-9H,6-7H2,1-5H3/t8-,9+. The van der Waals surface area contributed by atoms with Gasteiger partial charge in [-0.3, -0.25) is 4.90 Å². The predicted octanol–water partition coefficient (Wildman–Crippen LogP) is 0.622. The molecule has 0 aliphatic carbocycles. The highest BCUT2D eigenvalue weighted by molar-refractivity contribution is 7.86. The zero-order chi connectivity index (χ0) is 17.3. The van der Waals surface area contributed by atoms with E-state index in [0.29, 0.717) is 0 Å². The van der Waals surface area contributed by atoms with Crippen molar-refractivity contribution < 1.29 is 34.7 Å². The van der Waals surface area contributed by atoms with Gasteiger partial charge in [0.25, 0.3) is 20.2 Å². The van der Waals surface area contributed by atoms with Crippen molar-refractivity contribution >= 4 is 26.3 Å². The summed E-state index contributed by atoms with van der Waals surface area (Å²) in [6.45, 7) is 4.87. The summed E-state index contributed by atoms with van der Waals surface area (Å²) in [5.41, 5.74) is -0.842. The number of carbonyl (C=O) groups is 1. The number of nitrogens with zero attached hydrogens (tertiary/aromatic N) is 1. The van der Waals surface area contributed by atoms with Gasteiger partial charge in [-0.1, -0.05) is 0 Å². The van der Waals surface area contributed by atoms with Crippen molar-refractivity contribution in [1.29, 1.82) is 0 Å². The van der Waals surface area contributed by atoms with Crippen LogP contribution in [0.15, 0.2) is 0 Å². The van der Waals surface area contributed by atoms with Crippen molar-refractivity contribution in [1.82, 2.24) is 4.90 Å². The van der Waals surface area contributed by atoms with E-state index in [1.165, 1.54) is 0 Å². The molecule has 9 nitrogen and oxygen atoms in total. The van der Waals surface area contributed by atoms with Crippen molar-refractivity contribution in [2.24, 2.45) is 0 Å². The van der Waals surface area contributed by atoms with Crippen LogP contribution in [0, 0.1) is 0 Å². The Morgan fingerprint density at radius 1 is 0.955 bits per heavy atom. The third-order valence-corrected chi connectivity index (χ3v) is 3.60. The molecule has 1 aliphatic heterocycles. The molecule has 0 aromatic carbocycles. The van der Waals surface area contributed by atoms with E-state index in [1.807, 2.05) is 0 Å². The fraction of sp³-hybridized carbons (Fsp3) is 0.909. The summed E-state index contributed by atoms with van der Waals surface area (Å²) in [5.74, 6) is 0. The average Bonchev–Trinajstić information content (AvgIpc) is 2.52. The molecule has 0 saturated carbocycles. The van der Waals surface area contributed by atoms with Crippen LogP contribution < -0.4 is 0 Å². The number of amides is 1. The monoisotopic (exact) mass is 359 g/mol. The zero-order valence-corrected chi connectivity index (χ0v) is 14.7. The molecule has 1 rings (SSSR count). The molecule has 11 heteroatoms. The molecular weight excluding hydrogens is 338 g/mol. The summed E-state index contributed by atoms with van der Waals surface area (Å²) in [6, 6.07) is 0. The molecule has 0 unspecified atom stereocenters. The van der Waals surface area contributed by atoms with Crippen LogP contribution in [0.25, 0.3) is 0 Å². The van der Waals surface area contributed by atoms with Crippen LogP contribution in [-0.2, 0) is 33.3 Å². The van der Waals surface area contributed by atoms with Gasteiger partial charge in [-0.05, 0) is 33.6 Å². The summed E-state index contributed by atoms with van der Waals surface area (Å²) in [5, 5.41) is 0. The smallest absolute Gasteiger partial charge is 0.414 e. The maximum absolute atomic E-state index is 12.2. The van der Waals surface area contributed by atoms with Gasteiger partial charge < -0.3 is 4.74 Å². The summed E-state index contributed by atoms with van der Waals surface area (Å²) in [4.78, 5) is 13.1. The van der Waals surface area contributed by atoms with Crippen molar-refractivity contribution in [3.63, 3.8) is 0 Å². The number of ether oxygens (including phenoxy) is 1. The van der Waals surface area contributed by atoms with Gasteiger partial charge in [-0.25, -0.2) is 13.2 Å². The van der Waals surface area contributed by atoms with E-state index in [0.717, 1.165) is 17.4 Å². The first kappa shape index (κ1) is 19.1. The lowest BCUT2D eigenvalue weighted by Crippen LogP contribution is -2.47. The SMILES string of the molecule is CC(C)(C)OC(=O)N1[C@@H](OS(C)(=O)=O)CC[C@H]1OS(C)(=O)=O. The second kappa shape index (κ2) is 6.30. The number of carbonyl (C=O) groups excluding carboxylic acids is 1. The van der Waals surface area contributed by atoms with Crippen molar-refractivity contribution in [2.75, 3.05) is 12.5 Å². The fourth-order valence-electron chi connectivity index (χ4n) is 1.89. The summed E-state index contributed by atoms with van der Waals surface area (Å²) in [7, 11) is -7.68. The molecule has 130 valence electrons. The van der Waals surface area contributed by atoms with E-state index in [4.69, 9.17) is 13.1 Å². The fourth-order valence-corrected chi connectivity index (χ4v) is 3.08. The molecule has 1 amide bonds. The van der Waals surface area contributed by atoms with E-state index in [1.54, 1.807) is 20.8 Å². The predicted molar refractivity (Wildman–Crippen MR) is 76.7 cm³/mol. The molecule has 1 heterocycles. The van der Waals surface area contributed by atoms with Gasteiger partial charge in [0.05, 0.1) is 12.5 Å². The Balaban J connectivity index is 3.02. The van der Waals surface area contributed by atoms with Gasteiger partial charge in [0.15, 0.2) is 12.5 Å². The lowest BCUT2D eigenvalue weighted by atomic mass is 10.2. The topological polar surface area (TPSA) is 116 Å². The average molecular weight is 359 g/mol. The number of hydrogen-bond donors (Lipinski definition) is 0. The maximum atomic E-state index is 12.2. The van der Waals surface area contributed by atoms with Crippen LogP contribution in [0.5, 0.6) is 0 Å². The first-order chi connectivity index (χ1) is 9.68. The van der Waals surface area contributed by atoms with Crippen molar-refractivity contribution in [3.8, 4) is 0 Å². The Hall–Kier alpha value is -0.910. The molecule has 0 radical (unpaired) electrons.